The number of hydrogen-bond acceptors (Lipinski definition) is 3. The van der Waals surface area contributed by atoms with Crippen molar-refractivity contribution in [3.63, 3.8) is 0 Å². The molecule has 0 aromatic rings. The molecule has 4 heteroatoms. The van der Waals surface area contributed by atoms with Crippen molar-refractivity contribution >= 4 is 5.97 Å². The van der Waals surface area contributed by atoms with Crippen LogP contribution >= 0.6 is 0 Å². The van der Waals surface area contributed by atoms with Gasteiger partial charge in [-0.2, -0.15) is 0 Å². The monoisotopic (exact) mass is 338 g/mol. The fraction of sp³-hybridized carbons (Fsp3) is 0.750. The summed E-state index contributed by atoms with van der Waals surface area (Å²) in [5.41, 5.74) is 0. The molecular formula is C20H34O4. The molecule has 4 unspecified atom stereocenters. The van der Waals surface area contributed by atoms with Gasteiger partial charge < -0.3 is 15.3 Å². The van der Waals surface area contributed by atoms with Gasteiger partial charge in [-0.15, -0.1) is 0 Å². The Morgan fingerprint density at radius 1 is 1.17 bits per heavy atom. The zero-order chi connectivity index (χ0) is 17.8. The fourth-order valence-corrected chi connectivity index (χ4v) is 3.29. The van der Waals surface area contributed by atoms with Crippen LogP contribution in [-0.2, 0) is 4.79 Å². The van der Waals surface area contributed by atoms with Crippen molar-refractivity contribution in [3.8, 4) is 0 Å². The Hall–Kier alpha value is -1.13. The van der Waals surface area contributed by atoms with Gasteiger partial charge in [0, 0.05) is 12.3 Å². The molecule has 0 aliphatic heterocycles. The number of aliphatic carboxylic acids is 1. The van der Waals surface area contributed by atoms with Gasteiger partial charge in [-0.3, -0.25) is 4.79 Å². The largest absolute Gasteiger partial charge is 0.481 e. The van der Waals surface area contributed by atoms with Gasteiger partial charge in [-0.25, -0.2) is 0 Å². The van der Waals surface area contributed by atoms with E-state index in [1.807, 2.05) is 12.2 Å². The van der Waals surface area contributed by atoms with Crippen LogP contribution in [0, 0.1) is 11.8 Å². The van der Waals surface area contributed by atoms with E-state index in [0.717, 1.165) is 51.4 Å². The predicted molar refractivity (Wildman–Crippen MR) is 96.8 cm³/mol. The highest BCUT2D eigenvalue weighted by atomic mass is 16.4. The topological polar surface area (TPSA) is 77.8 Å². The molecule has 0 spiro atoms. The molecule has 3 N–H and O–H groups in total. The first-order chi connectivity index (χ1) is 11.5. The minimum absolute atomic E-state index is 0.184. The molecule has 138 valence electrons. The third-order valence-electron chi connectivity index (χ3n) is 4.80. The molecule has 4 nitrogen and oxygen atoms in total. The first-order valence-electron chi connectivity index (χ1n) is 9.47. The Morgan fingerprint density at radius 3 is 2.62 bits per heavy atom. The predicted octanol–water partition coefficient (Wildman–Crippen LogP) is 4.07. The molecule has 1 aliphatic carbocycles. The van der Waals surface area contributed by atoms with Crippen molar-refractivity contribution in [1.82, 2.24) is 0 Å². The highest BCUT2D eigenvalue weighted by Gasteiger charge is 2.27. The van der Waals surface area contributed by atoms with Crippen molar-refractivity contribution < 1.29 is 20.1 Å². The Kier molecular flexibility index (Phi) is 10.7. The highest BCUT2D eigenvalue weighted by Crippen LogP contribution is 2.31. The number of rotatable bonds is 13. The number of aliphatic hydroxyl groups excluding tert-OH is 2. The van der Waals surface area contributed by atoms with Crippen molar-refractivity contribution in [3.05, 3.63) is 24.3 Å². The van der Waals surface area contributed by atoms with Crippen LogP contribution in [0.5, 0.6) is 0 Å². The molecule has 24 heavy (non-hydrogen) atoms. The van der Waals surface area contributed by atoms with Gasteiger partial charge in [-0.1, -0.05) is 63.3 Å². The molecule has 1 aliphatic rings. The summed E-state index contributed by atoms with van der Waals surface area (Å²) in [6, 6.07) is 0. The van der Waals surface area contributed by atoms with E-state index in [2.05, 4.69) is 19.1 Å². The number of unbranched alkanes of at least 4 members (excludes halogenated alkanes) is 4. The van der Waals surface area contributed by atoms with Gasteiger partial charge in [0.1, 0.15) is 0 Å². The lowest BCUT2D eigenvalue weighted by atomic mass is 9.87. The maximum Gasteiger partial charge on any atom is 0.303 e. The molecule has 0 bridgehead atoms. The molecule has 0 saturated carbocycles. The van der Waals surface area contributed by atoms with Gasteiger partial charge in [0.2, 0.25) is 0 Å². The summed E-state index contributed by atoms with van der Waals surface area (Å²) < 4.78 is 0. The number of carboxylic acid groups (broad SMARTS) is 1. The Labute approximate surface area is 146 Å². The van der Waals surface area contributed by atoms with E-state index < -0.39 is 5.97 Å². The number of allylic oxidation sites excluding steroid dienone is 3. The van der Waals surface area contributed by atoms with Crippen LogP contribution in [0.2, 0.25) is 0 Å². The summed E-state index contributed by atoms with van der Waals surface area (Å²) in [6.45, 7) is 2.15. The van der Waals surface area contributed by atoms with E-state index >= 15 is 0 Å². The van der Waals surface area contributed by atoms with Crippen LogP contribution in [0.15, 0.2) is 24.3 Å². The maximum atomic E-state index is 10.5. The minimum Gasteiger partial charge on any atom is -0.481 e. The Morgan fingerprint density at radius 2 is 1.92 bits per heavy atom. The summed E-state index contributed by atoms with van der Waals surface area (Å²) in [5, 5.41) is 29.0. The summed E-state index contributed by atoms with van der Waals surface area (Å²) in [4.78, 5) is 10.5. The highest BCUT2D eigenvalue weighted by molar-refractivity contribution is 5.66. The second-order valence-corrected chi connectivity index (χ2v) is 6.91. The zero-order valence-corrected chi connectivity index (χ0v) is 14.9. The standard InChI is InChI=1S/C20H34O4/c1-2-3-5-10-17(21)15-14-16-9-8-11-18(16)19(22)12-6-4-7-13-20(23)24/h8-9,14-19,21-22H,2-7,10-13H2,1H3,(H,23,24). The molecule has 0 aromatic heterocycles. The summed E-state index contributed by atoms with van der Waals surface area (Å²) in [6.07, 6.45) is 15.7. The third kappa shape index (κ3) is 8.65. The third-order valence-corrected chi connectivity index (χ3v) is 4.80. The van der Waals surface area contributed by atoms with Crippen molar-refractivity contribution in [2.45, 2.75) is 83.3 Å². The van der Waals surface area contributed by atoms with E-state index in [1.54, 1.807) is 0 Å². The smallest absolute Gasteiger partial charge is 0.303 e. The van der Waals surface area contributed by atoms with Crippen LogP contribution in [0.4, 0.5) is 0 Å². The van der Waals surface area contributed by atoms with Gasteiger partial charge in [0.25, 0.3) is 0 Å². The number of carboxylic acids is 1. The molecule has 0 aromatic carbocycles. The van der Waals surface area contributed by atoms with E-state index in [0.29, 0.717) is 6.42 Å². The van der Waals surface area contributed by atoms with Crippen molar-refractivity contribution in [1.29, 1.82) is 0 Å². The second kappa shape index (κ2) is 12.3. The molecule has 0 saturated heterocycles. The quantitative estimate of drug-likeness (QED) is 0.349. The average molecular weight is 338 g/mol. The van der Waals surface area contributed by atoms with Crippen molar-refractivity contribution in [2.24, 2.45) is 11.8 Å². The average Bonchev–Trinajstić information content (AvgIpc) is 3.01. The molecule has 4 atom stereocenters. The van der Waals surface area contributed by atoms with Gasteiger partial charge in [-0.05, 0) is 31.6 Å². The maximum absolute atomic E-state index is 10.5. The van der Waals surface area contributed by atoms with Crippen LogP contribution in [0.3, 0.4) is 0 Å². The second-order valence-electron chi connectivity index (χ2n) is 6.91. The lowest BCUT2D eigenvalue weighted by Gasteiger charge is -2.23. The first kappa shape index (κ1) is 20.9. The molecule has 1 rings (SSSR count). The fourth-order valence-electron chi connectivity index (χ4n) is 3.29. The molecular weight excluding hydrogens is 304 g/mol. The molecule has 0 heterocycles. The van der Waals surface area contributed by atoms with Crippen LogP contribution in [0.25, 0.3) is 0 Å². The normalized spacial score (nSPS) is 23.0. The van der Waals surface area contributed by atoms with E-state index in [-0.39, 0.29) is 30.5 Å². The van der Waals surface area contributed by atoms with E-state index in [1.165, 1.54) is 0 Å². The van der Waals surface area contributed by atoms with Crippen LogP contribution < -0.4 is 0 Å². The van der Waals surface area contributed by atoms with Gasteiger partial charge >= 0.3 is 5.97 Å². The first-order valence-corrected chi connectivity index (χ1v) is 9.47. The van der Waals surface area contributed by atoms with Crippen molar-refractivity contribution in [2.75, 3.05) is 0 Å². The van der Waals surface area contributed by atoms with Crippen LogP contribution in [0.1, 0.15) is 71.1 Å². The van der Waals surface area contributed by atoms with Gasteiger partial charge in [0.15, 0.2) is 0 Å². The van der Waals surface area contributed by atoms with E-state index in [9.17, 15) is 15.0 Å². The van der Waals surface area contributed by atoms with E-state index in [4.69, 9.17) is 5.11 Å². The summed E-state index contributed by atoms with van der Waals surface area (Å²) in [7, 11) is 0. The number of carbonyl (C=O) groups is 1. The lowest BCUT2D eigenvalue weighted by molar-refractivity contribution is -0.137. The molecule has 0 amide bonds. The summed E-state index contributed by atoms with van der Waals surface area (Å²) in [5.74, 6) is -0.373. The Bertz CT molecular complexity index is 402. The molecule has 0 fully saturated rings. The lowest BCUT2D eigenvalue weighted by Crippen LogP contribution is -2.23. The SMILES string of the molecule is CCCCCC(O)C=CC1C=CCC1C(O)CCCCCC(=O)O. The Balaban J connectivity index is 2.29. The summed E-state index contributed by atoms with van der Waals surface area (Å²) >= 11 is 0. The zero-order valence-electron chi connectivity index (χ0n) is 14.9. The minimum atomic E-state index is -0.752. The number of hydrogen-bond donors (Lipinski definition) is 3. The van der Waals surface area contributed by atoms with Crippen LogP contribution in [-0.4, -0.2) is 33.5 Å². The molecule has 0 radical (unpaired) electrons. The van der Waals surface area contributed by atoms with Gasteiger partial charge in [0.05, 0.1) is 12.2 Å². The number of aliphatic hydroxyl groups is 2.